The van der Waals surface area contributed by atoms with Crippen molar-refractivity contribution < 1.29 is 13.9 Å². The monoisotopic (exact) mass is 465 g/mol. The second kappa shape index (κ2) is 9.15. The van der Waals surface area contributed by atoms with Crippen LogP contribution in [0.25, 0.3) is 6.08 Å². The average molecular weight is 466 g/mol. The fraction of sp³-hybridized carbons (Fsp3) is 0.240. The summed E-state index contributed by atoms with van der Waals surface area (Å²) >= 11 is 1.24. The summed E-state index contributed by atoms with van der Waals surface area (Å²) in [4.78, 5) is 33.5. The van der Waals surface area contributed by atoms with Crippen LogP contribution in [-0.4, -0.2) is 31.2 Å². The molecule has 170 valence electrons. The van der Waals surface area contributed by atoms with Gasteiger partial charge < -0.3 is 9.64 Å². The maximum Gasteiger partial charge on any atom is 0.338 e. The maximum absolute atomic E-state index is 13.5. The third-order valence-corrected chi connectivity index (χ3v) is 6.39. The molecule has 2 heterocycles. The third-order valence-electron chi connectivity index (χ3n) is 5.41. The smallest absolute Gasteiger partial charge is 0.338 e. The van der Waals surface area contributed by atoms with Crippen molar-refractivity contribution in [3.63, 3.8) is 0 Å². The molecule has 0 bridgehead atoms. The molecule has 4 rings (SSSR count). The van der Waals surface area contributed by atoms with E-state index in [-0.39, 0.29) is 18.0 Å². The average Bonchev–Trinajstić information content (AvgIpc) is 3.09. The van der Waals surface area contributed by atoms with E-state index in [0.29, 0.717) is 26.2 Å². The predicted octanol–water partition coefficient (Wildman–Crippen LogP) is 3.00. The zero-order chi connectivity index (χ0) is 23.7. The van der Waals surface area contributed by atoms with Crippen molar-refractivity contribution in [2.45, 2.75) is 19.9 Å². The zero-order valence-corrected chi connectivity index (χ0v) is 19.6. The van der Waals surface area contributed by atoms with Crippen LogP contribution in [0.5, 0.6) is 0 Å². The highest BCUT2D eigenvalue weighted by Crippen LogP contribution is 2.31. The Morgan fingerprint density at radius 2 is 1.85 bits per heavy atom. The topological polar surface area (TPSA) is 63.9 Å². The molecule has 8 heteroatoms. The lowest BCUT2D eigenvalue weighted by Gasteiger charge is -2.25. The van der Waals surface area contributed by atoms with E-state index >= 15 is 0 Å². The SMILES string of the molecule is CCOC(=O)C1=C(C)N=c2s/c(=C/c3ccc(F)cc3)c(=O)n2C1c1ccc(N(C)C)cc1. The molecule has 3 aromatic rings. The molecule has 0 saturated carbocycles. The Bertz CT molecular complexity index is 1400. The van der Waals surface area contributed by atoms with Gasteiger partial charge in [-0.05, 0) is 55.3 Å². The van der Waals surface area contributed by atoms with Crippen molar-refractivity contribution >= 4 is 29.1 Å². The number of fused-ring (bicyclic) bond motifs is 1. The van der Waals surface area contributed by atoms with Crippen LogP contribution in [0.15, 0.2) is 69.6 Å². The number of benzene rings is 2. The van der Waals surface area contributed by atoms with Crippen molar-refractivity contribution in [1.82, 2.24) is 4.57 Å². The summed E-state index contributed by atoms with van der Waals surface area (Å²) in [6.45, 7) is 3.72. The summed E-state index contributed by atoms with van der Waals surface area (Å²) in [6, 6.07) is 13.0. The second-order valence-corrected chi connectivity index (χ2v) is 8.85. The lowest BCUT2D eigenvalue weighted by molar-refractivity contribution is -0.139. The number of nitrogens with zero attached hydrogens (tertiary/aromatic N) is 3. The van der Waals surface area contributed by atoms with E-state index in [1.165, 1.54) is 23.5 Å². The normalized spacial score (nSPS) is 15.8. The first-order chi connectivity index (χ1) is 15.8. The number of aromatic nitrogens is 1. The van der Waals surface area contributed by atoms with E-state index in [2.05, 4.69) is 4.99 Å². The Balaban J connectivity index is 1.92. The highest BCUT2D eigenvalue weighted by molar-refractivity contribution is 7.07. The number of esters is 1. The molecule has 1 unspecified atom stereocenters. The molecule has 0 fully saturated rings. The molecule has 0 radical (unpaired) electrons. The summed E-state index contributed by atoms with van der Waals surface area (Å²) in [7, 11) is 3.89. The number of anilines is 1. The standard InChI is InChI=1S/C25H24FN3O3S/c1-5-32-24(31)21-15(2)27-25-29(22(21)17-8-12-19(13-9-17)28(3)4)23(30)20(33-25)14-16-6-10-18(26)11-7-16/h6-14,22H,5H2,1-4H3/b20-14+. The Morgan fingerprint density at radius 3 is 2.45 bits per heavy atom. The summed E-state index contributed by atoms with van der Waals surface area (Å²) in [6.07, 6.45) is 1.71. The van der Waals surface area contributed by atoms with Crippen LogP contribution < -0.4 is 19.8 Å². The first kappa shape index (κ1) is 22.7. The van der Waals surface area contributed by atoms with Crippen molar-refractivity contribution in [2.24, 2.45) is 4.99 Å². The molecular weight excluding hydrogens is 441 g/mol. The summed E-state index contributed by atoms with van der Waals surface area (Å²) < 4.78 is 20.6. The van der Waals surface area contributed by atoms with E-state index in [4.69, 9.17) is 4.74 Å². The molecule has 0 spiro atoms. The first-order valence-corrected chi connectivity index (χ1v) is 11.3. The van der Waals surface area contributed by atoms with Gasteiger partial charge >= 0.3 is 5.97 Å². The quantitative estimate of drug-likeness (QED) is 0.544. The number of ether oxygens (including phenoxy) is 1. The molecule has 1 aliphatic heterocycles. The summed E-state index contributed by atoms with van der Waals surface area (Å²) in [5, 5.41) is 0. The van der Waals surface area contributed by atoms with E-state index in [0.717, 1.165) is 11.3 Å². The molecule has 1 atom stereocenters. The minimum atomic E-state index is -0.660. The molecular formula is C25H24FN3O3S. The fourth-order valence-electron chi connectivity index (χ4n) is 3.77. The summed E-state index contributed by atoms with van der Waals surface area (Å²) in [5.41, 5.74) is 3.09. The molecule has 6 nitrogen and oxygen atoms in total. The highest BCUT2D eigenvalue weighted by atomic mass is 32.1. The van der Waals surface area contributed by atoms with Gasteiger partial charge in [0.15, 0.2) is 4.80 Å². The Labute approximate surface area is 194 Å². The van der Waals surface area contributed by atoms with Gasteiger partial charge in [-0.1, -0.05) is 35.6 Å². The van der Waals surface area contributed by atoms with Crippen molar-refractivity contribution in [3.05, 3.63) is 96.4 Å². The molecule has 1 aromatic heterocycles. The van der Waals surface area contributed by atoms with Crippen LogP contribution in [0.4, 0.5) is 10.1 Å². The summed E-state index contributed by atoms with van der Waals surface area (Å²) in [5.74, 6) is -0.835. The van der Waals surface area contributed by atoms with Gasteiger partial charge in [0.2, 0.25) is 0 Å². The van der Waals surface area contributed by atoms with Crippen LogP contribution >= 0.6 is 11.3 Å². The number of hydrogen-bond donors (Lipinski definition) is 0. The predicted molar refractivity (Wildman–Crippen MR) is 128 cm³/mol. The van der Waals surface area contributed by atoms with Gasteiger partial charge in [-0.25, -0.2) is 14.2 Å². The van der Waals surface area contributed by atoms with Gasteiger partial charge in [0, 0.05) is 19.8 Å². The van der Waals surface area contributed by atoms with E-state index in [1.807, 2.05) is 43.3 Å². The van der Waals surface area contributed by atoms with Gasteiger partial charge in [-0.3, -0.25) is 9.36 Å². The van der Waals surface area contributed by atoms with Crippen LogP contribution in [-0.2, 0) is 9.53 Å². The van der Waals surface area contributed by atoms with Crippen LogP contribution in [0.3, 0.4) is 0 Å². The third kappa shape index (κ3) is 4.39. The van der Waals surface area contributed by atoms with Crippen molar-refractivity contribution in [1.29, 1.82) is 0 Å². The molecule has 0 amide bonds. The van der Waals surface area contributed by atoms with E-state index < -0.39 is 12.0 Å². The molecule has 0 aliphatic carbocycles. The molecule has 0 saturated heterocycles. The minimum absolute atomic E-state index is 0.219. The number of rotatable bonds is 5. The number of allylic oxidation sites excluding steroid dienone is 1. The highest BCUT2D eigenvalue weighted by Gasteiger charge is 2.33. The van der Waals surface area contributed by atoms with Crippen molar-refractivity contribution in [3.8, 4) is 0 Å². The molecule has 33 heavy (non-hydrogen) atoms. The number of carbonyl (C=O) groups excluding carboxylic acids is 1. The number of halogens is 1. The molecule has 2 aromatic carbocycles. The molecule has 0 N–H and O–H groups in total. The second-order valence-electron chi connectivity index (χ2n) is 7.84. The fourth-order valence-corrected chi connectivity index (χ4v) is 4.82. The van der Waals surface area contributed by atoms with Gasteiger partial charge in [0.05, 0.1) is 28.5 Å². The number of hydrogen-bond acceptors (Lipinski definition) is 6. The largest absolute Gasteiger partial charge is 0.463 e. The Hall–Kier alpha value is -3.52. The van der Waals surface area contributed by atoms with Crippen LogP contribution in [0, 0.1) is 5.82 Å². The Kier molecular flexibility index (Phi) is 6.29. The minimum Gasteiger partial charge on any atom is -0.463 e. The Morgan fingerprint density at radius 1 is 1.18 bits per heavy atom. The molecule has 1 aliphatic rings. The van der Waals surface area contributed by atoms with Crippen LogP contribution in [0.2, 0.25) is 0 Å². The van der Waals surface area contributed by atoms with Gasteiger partial charge in [-0.15, -0.1) is 0 Å². The number of carbonyl (C=O) groups is 1. The van der Waals surface area contributed by atoms with Crippen molar-refractivity contribution in [2.75, 3.05) is 25.6 Å². The lowest BCUT2D eigenvalue weighted by atomic mass is 9.95. The lowest BCUT2D eigenvalue weighted by Crippen LogP contribution is -2.39. The zero-order valence-electron chi connectivity index (χ0n) is 18.8. The number of thiazole rings is 1. The van der Waals surface area contributed by atoms with Gasteiger partial charge in [-0.2, -0.15) is 0 Å². The van der Waals surface area contributed by atoms with E-state index in [1.54, 1.807) is 36.6 Å². The van der Waals surface area contributed by atoms with Crippen LogP contribution in [0.1, 0.15) is 31.0 Å². The maximum atomic E-state index is 13.5. The van der Waals surface area contributed by atoms with E-state index in [9.17, 15) is 14.0 Å². The van der Waals surface area contributed by atoms with Gasteiger partial charge in [0.1, 0.15) is 5.82 Å². The van der Waals surface area contributed by atoms with Gasteiger partial charge in [0.25, 0.3) is 5.56 Å². The first-order valence-electron chi connectivity index (χ1n) is 10.5.